The van der Waals surface area contributed by atoms with Crippen LogP contribution in [0.1, 0.15) is 37.0 Å². The summed E-state index contributed by atoms with van der Waals surface area (Å²) in [6.45, 7) is 1.96. The number of amides is 1. The molecule has 1 amide bonds. The molecular formula is C12H16N6OS. The van der Waals surface area contributed by atoms with E-state index >= 15 is 0 Å². The summed E-state index contributed by atoms with van der Waals surface area (Å²) in [5.74, 6) is -0.0705. The van der Waals surface area contributed by atoms with Crippen molar-refractivity contribution in [1.82, 2.24) is 25.2 Å². The van der Waals surface area contributed by atoms with Crippen LogP contribution in [-0.2, 0) is 10.3 Å². The lowest BCUT2D eigenvalue weighted by Crippen LogP contribution is -2.47. The third kappa shape index (κ3) is 2.31. The summed E-state index contributed by atoms with van der Waals surface area (Å²) in [5.41, 5.74) is -0.679. The molecule has 8 heteroatoms. The number of carbonyl (C=O) groups is 1. The summed E-state index contributed by atoms with van der Waals surface area (Å²) in [6.07, 6.45) is 7.95. The van der Waals surface area contributed by atoms with Crippen LogP contribution in [0.15, 0.2) is 12.5 Å². The van der Waals surface area contributed by atoms with E-state index in [1.807, 2.05) is 6.92 Å². The highest BCUT2D eigenvalue weighted by molar-refractivity contribution is 7.15. The summed E-state index contributed by atoms with van der Waals surface area (Å²) < 4.78 is 1.60. The van der Waals surface area contributed by atoms with Gasteiger partial charge in [0.05, 0.1) is 0 Å². The Labute approximate surface area is 120 Å². The molecule has 0 radical (unpaired) electrons. The maximum Gasteiger partial charge on any atom is 0.254 e. The molecule has 3 rings (SSSR count). The van der Waals surface area contributed by atoms with Crippen LogP contribution in [0.3, 0.4) is 0 Å². The number of hydrogen-bond donors (Lipinski definition) is 1. The third-order valence-electron chi connectivity index (χ3n) is 3.73. The third-order valence-corrected chi connectivity index (χ3v) is 4.56. The maximum atomic E-state index is 12.7. The van der Waals surface area contributed by atoms with Crippen molar-refractivity contribution in [3.8, 4) is 0 Å². The minimum Gasteiger partial charge on any atom is -0.300 e. The smallest absolute Gasteiger partial charge is 0.254 e. The highest BCUT2D eigenvalue weighted by Crippen LogP contribution is 2.35. The number of aromatic nitrogens is 5. The van der Waals surface area contributed by atoms with E-state index < -0.39 is 5.54 Å². The zero-order valence-electron chi connectivity index (χ0n) is 11.2. The normalized spacial score (nSPS) is 17.9. The summed E-state index contributed by atoms with van der Waals surface area (Å²) in [6, 6.07) is 0. The fourth-order valence-corrected chi connectivity index (χ4v) is 3.34. The zero-order chi connectivity index (χ0) is 14.0. The van der Waals surface area contributed by atoms with Gasteiger partial charge in [-0.25, -0.2) is 9.67 Å². The molecule has 0 unspecified atom stereocenters. The number of hydrogen-bond acceptors (Lipinski definition) is 6. The molecule has 2 aromatic rings. The largest absolute Gasteiger partial charge is 0.300 e. The van der Waals surface area contributed by atoms with E-state index in [1.165, 1.54) is 17.7 Å². The molecule has 2 heterocycles. The monoisotopic (exact) mass is 292 g/mol. The number of tetrazole rings is 1. The average molecular weight is 292 g/mol. The lowest BCUT2D eigenvalue weighted by molar-refractivity contribution is -0.126. The first-order valence-corrected chi connectivity index (χ1v) is 7.50. The van der Waals surface area contributed by atoms with Crippen molar-refractivity contribution in [2.45, 2.75) is 44.6 Å². The van der Waals surface area contributed by atoms with Crippen LogP contribution in [0.4, 0.5) is 5.13 Å². The van der Waals surface area contributed by atoms with E-state index in [2.05, 4.69) is 25.8 Å². The van der Waals surface area contributed by atoms with E-state index in [9.17, 15) is 4.79 Å². The van der Waals surface area contributed by atoms with Gasteiger partial charge >= 0.3 is 0 Å². The average Bonchev–Trinajstić information content (AvgIpc) is 3.11. The van der Waals surface area contributed by atoms with Crippen LogP contribution >= 0.6 is 11.3 Å². The molecule has 7 nitrogen and oxygen atoms in total. The molecule has 2 aromatic heterocycles. The van der Waals surface area contributed by atoms with Crippen LogP contribution in [0, 0.1) is 6.92 Å². The second-order valence-corrected chi connectivity index (χ2v) is 6.31. The molecule has 0 atom stereocenters. The Morgan fingerprint density at radius 1 is 1.40 bits per heavy atom. The van der Waals surface area contributed by atoms with E-state index in [-0.39, 0.29) is 5.91 Å². The Morgan fingerprint density at radius 3 is 2.80 bits per heavy atom. The highest BCUT2D eigenvalue weighted by Gasteiger charge is 2.42. The quantitative estimate of drug-likeness (QED) is 0.931. The number of nitrogens with zero attached hydrogens (tertiary/aromatic N) is 5. The number of carbonyl (C=O) groups excluding carboxylic acids is 1. The van der Waals surface area contributed by atoms with Crippen LogP contribution in [0.2, 0.25) is 0 Å². The fourth-order valence-electron chi connectivity index (χ4n) is 2.68. The summed E-state index contributed by atoms with van der Waals surface area (Å²) in [5, 5.41) is 14.9. The molecule has 0 saturated heterocycles. The second kappa shape index (κ2) is 5.28. The van der Waals surface area contributed by atoms with Crippen molar-refractivity contribution >= 4 is 22.4 Å². The summed E-state index contributed by atoms with van der Waals surface area (Å²) >= 11 is 1.47. The molecule has 106 valence electrons. The van der Waals surface area contributed by atoms with Gasteiger partial charge in [-0.15, -0.1) is 16.4 Å². The van der Waals surface area contributed by atoms with Crippen LogP contribution in [0.25, 0.3) is 0 Å². The zero-order valence-corrected chi connectivity index (χ0v) is 12.1. The summed E-state index contributed by atoms with van der Waals surface area (Å²) in [7, 11) is 0. The van der Waals surface area contributed by atoms with Gasteiger partial charge in [0.1, 0.15) is 11.9 Å². The number of nitrogens with one attached hydrogen (secondary N) is 1. The van der Waals surface area contributed by atoms with Crippen LogP contribution in [0.5, 0.6) is 0 Å². The van der Waals surface area contributed by atoms with Gasteiger partial charge in [0.15, 0.2) is 5.13 Å². The first-order valence-electron chi connectivity index (χ1n) is 6.68. The van der Waals surface area contributed by atoms with E-state index in [0.29, 0.717) is 5.13 Å². The highest BCUT2D eigenvalue weighted by atomic mass is 32.1. The van der Waals surface area contributed by atoms with Gasteiger partial charge in [0, 0.05) is 11.1 Å². The Balaban J connectivity index is 1.87. The first kappa shape index (κ1) is 13.2. The van der Waals surface area contributed by atoms with E-state index in [0.717, 1.165) is 37.0 Å². The molecule has 1 aliphatic carbocycles. The Bertz CT molecular complexity index is 587. The van der Waals surface area contributed by atoms with Gasteiger partial charge in [-0.2, -0.15) is 0 Å². The molecule has 1 saturated carbocycles. The number of rotatable bonds is 3. The fraction of sp³-hybridized carbons (Fsp3) is 0.583. The predicted octanol–water partition coefficient (Wildman–Crippen LogP) is 1.74. The predicted molar refractivity (Wildman–Crippen MR) is 74.4 cm³/mol. The van der Waals surface area contributed by atoms with Gasteiger partial charge in [0.25, 0.3) is 5.91 Å². The minimum absolute atomic E-state index is 0.0705. The van der Waals surface area contributed by atoms with E-state index in [4.69, 9.17) is 0 Å². The van der Waals surface area contributed by atoms with Crippen LogP contribution < -0.4 is 5.32 Å². The van der Waals surface area contributed by atoms with Crippen molar-refractivity contribution < 1.29 is 4.79 Å². The molecule has 1 N–H and O–H groups in total. The van der Waals surface area contributed by atoms with Gasteiger partial charge in [-0.05, 0) is 30.2 Å². The standard InChI is InChI=1S/C12H16N6OS/c1-9-7-13-11(20-9)15-10(19)12(5-3-2-4-6-12)18-8-14-16-17-18/h7-8H,2-6H2,1H3,(H,13,15,19). The first-order chi connectivity index (χ1) is 9.71. The number of aryl methyl sites for hydroxylation is 1. The van der Waals surface area contributed by atoms with Gasteiger partial charge < -0.3 is 0 Å². The molecule has 1 fully saturated rings. The van der Waals surface area contributed by atoms with Crippen molar-refractivity contribution in [2.24, 2.45) is 0 Å². The van der Waals surface area contributed by atoms with Crippen molar-refractivity contribution in [1.29, 1.82) is 0 Å². The Morgan fingerprint density at radius 2 is 2.20 bits per heavy atom. The van der Waals surface area contributed by atoms with Crippen molar-refractivity contribution in [3.05, 3.63) is 17.4 Å². The maximum absolute atomic E-state index is 12.7. The molecule has 20 heavy (non-hydrogen) atoms. The Kier molecular flexibility index (Phi) is 3.47. The van der Waals surface area contributed by atoms with Gasteiger partial charge in [-0.1, -0.05) is 19.3 Å². The lowest BCUT2D eigenvalue weighted by Gasteiger charge is -2.34. The number of thiazole rings is 1. The molecule has 0 spiro atoms. The van der Waals surface area contributed by atoms with E-state index in [1.54, 1.807) is 10.9 Å². The SMILES string of the molecule is Cc1cnc(NC(=O)C2(n3cnnn3)CCCCC2)s1. The van der Waals surface area contributed by atoms with Gasteiger partial charge in [0.2, 0.25) is 0 Å². The topological polar surface area (TPSA) is 85.6 Å². The lowest BCUT2D eigenvalue weighted by atomic mass is 9.81. The second-order valence-electron chi connectivity index (χ2n) is 5.08. The Hall–Kier alpha value is -1.83. The molecule has 1 aliphatic rings. The van der Waals surface area contributed by atoms with Crippen molar-refractivity contribution in [2.75, 3.05) is 5.32 Å². The molecule has 0 bridgehead atoms. The molecule has 0 aromatic carbocycles. The van der Waals surface area contributed by atoms with Crippen LogP contribution in [-0.4, -0.2) is 31.1 Å². The summed E-state index contributed by atoms with van der Waals surface area (Å²) in [4.78, 5) is 18.0. The molecule has 0 aliphatic heterocycles. The molecular weight excluding hydrogens is 276 g/mol. The number of anilines is 1. The van der Waals surface area contributed by atoms with Crippen molar-refractivity contribution in [3.63, 3.8) is 0 Å². The van der Waals surface area contributed by atoms with Gasteiger partial charge in [-0.3, -0.25) is 10.1 Å². The minimum atomic E-state index is -0.679.